The molecule has 0 aliphatic carbocycles. The molecule has 150 valence electrons. The summed E-state index contributed by atoms with van der Waals surface area (Å²) in [7, 11) is -2.86. The van der Waals surface area contributed by atoms with Crippen molar-refractivity contribution >= 4 is 39.3 Å². The highest BCUT2D eigenvalue weighted by molar-refractivity contribution is 8.15. The zero-order valence-electron chi connectivity index (χ0n) is 13.3. The minimum Gasteiger partial charge on any atom is -0.273 e. The predicted octanol–water partition coefficient (Wildman–Crippen LogP) is 3.93. The third-order valence-electron chi connectivity index (χ3n) is 3.33. The molecule has 1 aliphatic heterocycles. The summed E-state index contributed by atoms with van der Waals surface area (Å²) in [5, 5.41) is -0.585. The van der Waals surface area contributed by atoms with Crippen LogP contribution in [0.1, 0.15) is 5.56 Å². The molecule has 27 heavy (non-hydrogen) atoms. The van der Waals surface area contributed by atoms with E-state index in [2.05, 4.69) is 4.99 Å². The lowest BCUT2D eigenvalue weighted by molar-refractivity contribution is -0.132. The minimum atomic E-state index is -3.55. The maximum Gasteiger partial charge on any atom is 0.288 e. The molecule has 1 heterocycles. The number of hydrogen-bond acceptors (Lipinski definition) is 4. The Bertz CT molecular complexity index is 791. The average molecular weight is 436 g/mol. The Morgan fingerprint density at radius 1 is 1.15 bits per heavy atom. The van der Waals surface area contributed by atoms with Gasteiger partial charge in [0, 0.05) is 4.90 Å². The molecule has 3 atom stereocenters. The highest BCUT2D eigenvalue weighted by atomic mass is 32.2. The maximum atomic E-state index is 14.1. The molecule has 2 unspecified atom stereocenters. The number of halogens is 7. The monoisotopic (exact) mass is 436 g/mol. The van der Waals surface area contributed by atoms with Crippen molar-refractivity contribution in [3.63, 3.8) is 0 Å². The largest absolute Gasteiger partial charge is 0.288 e. The number of amidine groups is 1. The van der Waals surface area contributed by atoms with E-state index in [1.165, 1.54) is 6.92 Å². The van der Waals surface area contributed by atoms with E-state index < -0.39 is 68.7 Å². The molecule has 1 saturated heterocycles. The fourth-order valence-corrected chi connectivity index (χ4v) is 4.01. The van der Waals surface area contributed by atoms with Crippen molar-refractivity contribution in [2.75, 3.05) is 5.75 Å². The molecule has 0 bridgehead atoms. The summed E-state index contributed by atoms with van der Waals surface area (Å²) in [5.74, 6) is -2.53. The Morgan fingerprint density at radius 2 is 1.78 bits per heavy atom. The van der Waals surface area contributed by atoms with E-state index in [1.54, 1.807) is 0 Å². The van der Waals surface area contributed by atoms with Crippen LogP contribution in [0.3, 0.4) is 0 Å². The first-order chi connectivity index (χ1) is 12.5. The molecule has 13 heteroatoms. The number of aliphatic imine (C=N–C) groups is 1. The lowest BCUT2D eigenvalue weighted by atomic mass is 10.2. The van der Waals surface area contributed by atoms with Crippen molar-refractivity contribution < 1.29 is 39.7 Å². The third kappa shape index (κ3) is 4.62. The first-order valence-electron chi connectivity index (χ1n) is 7.13. The zero-order chi connectivity index (χ0) is 20.5. The second-order valence-corrected chi connectivity index (χ2v) is 7.63. The summed E-state index contributed by atoms with van der Waals surface area (Å²) in [4.78, 5) is 14.7. The molecular formula is C14H11F7N2O2S2. The van der Waals surface area contributed by atoms with Gasteiger partial charge < -0.3 is 0 Å². The van der Waals surface area contributed by atoms with E-state index in [0.717, 1.165) is 6.07 Å². The fourth-order valence-electron chi connectivity index (χ4n) is 2.08. The van der Waals surface area contributed by atoms with Crippen molar-refractivity contribution in [3.05, 3.63) is 23.5 Å². The molecule has 0 radical (unpaired) electrons. The quantitative estimate of drug-likeness (QED) is 0.502. The smallest absolute Gasteiger partial charge is 0.273 e. The zero-order valence-corrected chi connectivity index (χ0v) is 15.0. The van der Waals surface area contributed by atoms with Crippen LogP contribution in [0.5, 0.6) is 0 Å². The van der Waals surface area contributed by atoms with Crippen molar-refractivity contribution in [3.8, 4) is 0 Å². The van der Waals surface area contributed by atoms with Gasteiger partial charge in [0.15, 0.2) is 5.17 Å². The number of rotatable bonds is 6. The van der Waals surface area contributed by atoms with Crippen LogP contribution >= 0.6 is 11.8 Å². The van der Waals surface area contributed by atoms with Gasteiger partial charge in [0.1, 0.15) is 11.5 Å². The number of carbonyl (C=O) groups is 1. The fraction of sp³-hybridized carbons (Fsp3) is 0.429. The van der Waals surface area contributed by atoms with E-state index >= 15 is 0 Å². The number of amides is 1. The van der Waals surface area contributed by atoms with Crippen LogP contribution in [-0.4, -0.2) is 50.6 Å². The van der Waals surface area contributed by atoms with Gasteiger partial charge in [0.05, 0.1) is 16.6 Å². The summed E-state index contributed by atoms with van der Waals surface area (Å²) in [5.41, 5.74) is -3.84. The second kappa shape index (κ2) is 8.59. The van der Waals surface area contributed by atoms with Gasteiger partial charge in [-0.25, -0.2) is 35.7 Å². The van der Waals surface area contributed by atoms with Gasteiger partial charge in [0.25, 0.3) is 12.9 Å². The first kappa shape index (κ1) is 21.7. The summed E-state index contributed by atoms with van der Waals surface area (Å²) in [6.07, 6.45) is -10.1. The molecule has 2 rings (SSSR count). The third-order valence-corrected chi connectivity index (χ3v) is 5.76. The minimum absolute atomic E-state index is 0.0440. The Kier molecular flexibility index (Phi) is 6.89. The molecule has 1 aromatic rings. The molecule has 1 fully saturated rings. The molecule has 0 saturated carbocycles. The van der Waals surface area contributed by atoms with Gasteiger partial charge in [-0.2, -0.15) is 0 Å². The Morgan fingerprint density at radius 3 is 2.33 bits per heavy atom. The van der Waals surface area contributed by atoms with Crippen LogP contribution in [-0.2, 0) is 15.6 Å². The summed E-state index contributed by atoms with van der Waals surface area (Å²) in [6.45, 7) is 1.19. The number of hydrogen-bond donors (Lipinski definition) is 0. The maximum absolute atomic E-state index is 14.1. The molecular weight excluding hydrogens is 425 g/mol. The second-order valence-electron chi connectivity index (χ2n) is 5.21. The van der Waals surface area contributed by atoms with Gasteiger partial charge in [-0.1, -0.05) is 11.8 Å². The number of nitrogens with zero attached hydrogens (tertiary/aromatic N) is 2. The predicted molar refractivity (Wildman–Crippen MR) is 85.7 cm³/mol. The van der Waals surface area contributed by atoms with Crippen LogP contribution in [0.4, 0.5) is 36.4 Å². The molecule has 0 spiro atoms. The highest BCUT2D eigenvalue weighted by Gasteiger charge is 2.39. The Balaban J connectivity index is 2.46. The van der Waals surface area contributed by atoms with Gasteiger partial charge in [0.2, 0.25) is 17.7 Å². The van der Waals surface area contributed by atoms with E-state index in [9.17, 15) is 39.7 Å². The summed E-state index contributed by atoms with van der Waals surface area (Å²) < 4.78 is 103. The first-order valence-corrected chi connectivity index (χ1v) is 9.33. The number of alkyl halides is 6. The van der Waals surface area contributed by atoms with Crippen LogP contribution in [0, 0.1) is 12.7 Å². The van der Waals surface area contributed by atoms with Crippen LogP contribution in [0.15, 0.2) is 22.0 Å². The molecule has 1 amide bonds. The van der Waals surface area contributed by atoms with Gasteiger partial charge >= 0.3 is 0 Å². The van der Waals surface area contributed by atoms with Gasteiger partial charge in [-0.05, 0) is 24.6 Å². The average Bonchev–Trinajstić information content (AvgIpc) is 2.95. The molecule has 1 aliphatic rings. The van der Waals surface area contributed by atoms with Crippen molar-refractivity contribution in [2.24, 2.45) is 4.99 Å². The Labute approximate surface area is 155 Å². The standard InChI is InChI=1S/C14H11F7N2O2S2/c1-5-2-6(15)7(3-8(5)27(25)13(21)11(18)19)22-14-23(9(24)4-26-14)12(20)10(16)17/h2-3,10-13H,4H2,1H3/t12?,13?,27-/m1/s1. The van der Waals surface area contributed by atoms with Crippen molar-refractivity contribution in [2.45, 2.75) is 36.5 Å². The van der Waals surface area contributed by atoms with Crippen LogP contribution in [0.25, 0.3) is 0 Å². The number of aryl methyl sites for hydroxylation is 1. The lowest BCUT2D eigenvalue weighted by Gasteiger charge is -2.20. The molecule has 0 N–H and O–H groups in total. The van der Waals surface area contributed by atoms with Gasteiger partial charge in [-0.3, -0.25) is 13.9 Å². The number of carbonyl (C=O) groups excluding carboxylic acids is 1. The van der Waals surface area contributed by atoms with E-state index in [4.69, 9.17) is 0 Å². The SMILES string of the molecule is Cc1cc(F)c(N=C2SCC(=O)N2C(F)C(F)F)cc1[S@@](=O)C(F)C(F)F. The summed E-state index contributed by atoms with van der Waals surface area (Å²) in [6, 6.07) is 1.43. The Hall–Kier alpha value is -1.63. The normalized spacial score (nSPS) is 20.0. The molecule has 4 nitrogen and oxygen atoms in total. The van der Waals surface area contributed by atoms with E-state index in [-0.39, 0.29) is 10.5 Å². The van der Waals surface area contributed by atoms with Crippen molar-refractivity contribution in [1.82, 2.24) is 4.90 Å². The molecule has 0 aromatic heterocycles. The van der Waals surface area contributed by atoms with Crippen molar-refractivity contribution in [1.29, 1.82) is 0 Å². The van der Waals surface area contributed by atoms with E-state index in [1.807, 2.05) is 0 Å². The van der Waals surface area contributed by atoms with Crippen LogP contribution in [0.2, 0.25) is 0 Å². The van der Waals surface area contributed by atoms with Crippen LogP contribution < -0.4 is 0 Å². The highest BCUT2D eigenvalue weighted by Crippen LogP contribution is 2.32. The van der Waals surface area contributed by atoms with Gasteiger partial charge in [-0.15, -0.1) is 0 Å². The van der Waals surface area contributed by atoms with E-state index in [0.29, 0.717) is 17.8 Å². The molecule has 1 aromatic carbocycles. The number of thioether (sulfide) groups is 1. The topological polar surface area (TPSA) is 49.7 Å². The lowest BCUT2D eigenvalue weighted by Crippen LogP contribution is -2.41. The number of benzene rings is 1. The summed E-state index contributed by atoms with van der Waals surface area (Å²) >= 11 is 0.554.